The lowest BCUT2D eigenvalue weighted by molar-refractivity contribution is 0.135. The van der Waals surface area contributed by atoms with Crippen molar-refractivity contribution < 1.29 is 13.2 Å². The van der Waals surface area contributed by atoms with Crippen LogP contribution in [0.25, 0.3) is 0 Å². The van der Waals surface area contributed by atoms with E-state index in [-0.39, 0.29) is 11.4 Å². The number of carbonyl (C=O) groups is 1. The summed E-state index contributed by atoms with van der Waals surface area (Å²) in [6.45, 7) is 6.90. The van der Waals surface area contributed by atoms with Crippen LogP contribution in [0.4, 0.5) is 4.79 Å². The van der Waals surface area contributed by atoms with Crippen LogP contribution in [0, 0.1) is 11.8 Å². The number of urea groups is 1. The molecule has 0 aromatic heterocycles. The summed E-state index contributed by atoms with van der Waals surface area (Å²) in [4.78, 5) is 16.2. The lowest BCUT2D eigenvalue weighted by Crippen LogP contribution is -2.45. The van der Waals surface area contributed by atoms with Crippen molar-refractivity contribution in [2.75, 3.05) is 46.3 Å². The molecule has 2 aromatic carbocycles. The molecule has 2 N–H and O–H groups in total. The maximum Gasteiger partial charge on any atom is 0.314 e. The van der Waals surface area contributed by atoms with Gasteiger partial charge in [-0.25, -0.2) is 17.5 Å². The van der Waals surface area contributed by atoms with Gasteiger partial charge in [0.1, 0.15) is 0 Å². The zero-order chi connectivity index (χ0) is 24.3. The van der Waals surface area contributed by atoms with Crippen LogP contribution < -0.4 is 5.73 Å². The number of primary amides is 1. The summed E-state index contributed by atoms with van der Waals surface area (Å²) in [5.74, 6) is 0.997. The molecule has 2 aliphatic rings. The number of hydrogen-bond acceptors (Lipinski definition) is 4. The number of likely N-dealkylation sites (tertiary alicyclic amines) is 2. The minimum atomic E-state index is -3.58. The second kappa shape index (κ2) is 10.1. The van der Waals surface area contributed by atoms with Gasteiger partial charge < -0.3 is 15.5 Å². The second-order valence-corrected chi connectivity index (χ2v) is 12.1. The molecule has 2 amide bonds. The Morgan fingerprint density at radius 1 is 1.03 bits per heavy atom. The maximum absolute atomic E-state index is 13.2. The standard InChI is InChI=1S/C26H36N4O3S/c1-26(23-9-5-3-6-10-23,20-28(2)34(32,33)24-11-7-4-8-12-24)14-16-29-15-13-21-18-30(25(27)31)19-22(21)17-29/h3-12,21-22H,13-20H2,1-2H3,(H2,27,31)/t21?,22?,26-/m1/s1. The molecular formula is C26H36N4O3S. The Bertz CT molecular complexity index is 1080. The van der Waals surface area contributed by atoms with Gasteiger partial charge in [-0.2, -0.15) is 0 Å². The molecule has 8 heteroatoms. The summed E-state index contributed by atoms with van der Waals surface area (Å²) < 4.78 is 28.0. The van der Waals surface area contributed by atoms with Crippen LogP contribution in [-0.4, -0.2) is 74.9 Å². The fourth-order valence-electron chi connectivity index (χ4n) is 5.54. The minimum Gasteiger partial charge on any atom is -0.351 e. The minimum absolute atomic E-state index is 0.315. The van der Waals surface area contributed by atoms with Gasteiger partial charge >= 0.3 is 6.03 Å². The zero-order valence-corrected chi connectivity index (χ0v) is 21.0. The molecule has 4 rings (SSSR count). The first kappa shape index (κ1) is 24.7. The van der Waals surface area contributed by atoms with Gasteiger partial charge in [0.15, 0.2) is 0 Å². The third-order valence-corrected chi connectivity index (χ3v) is 9.49. The highest BCUT2D eigenvalue weighted by molar-refractivity contribution is 7.89. The van der Waals surface area contributed by atoms with E-state index < -0.39 is 10.0 Å². The van der Waals surface area contributed by atoms with Crippen LogP contribution in [0.2, 0.25) is 0 Å². The van der Waals surface area contributed by atoms with Gasteiger partial charge in [-0.1, -0.05) is 55.5 Å². The molecule has 184 valence electrons. The summed E-state index contributed by atoms with van der Waals surface area (Å²) in [6.07, 6.45) is 1.90. The number of fused-ring (bicyclic) bond motifs is 1. The van der Waals surface area contributed by atoms with E-state index in [4.69, 9.17) is 5.73 Å². The number of rotatable bonds is 8. The third-order valence-electron chi connectivity index (χ3n) is 7.67. The van der Waals surface area contributed by atoms with E-state index in [0.29, 0.717) is 23.3 Å². The van der Waals surface area contributed by atoms with Crippen molar-refractivity contribution in [1.29, 1.82) is 0 Å². The monoisotopic (exact) mass is 484 g/mol. The SMILES string of the molecule is CN(C[C@@](C)(CCN1CCC2CN(C(N)=O)CC2C1)c1ccccc1)S(=O)(=O)c1ccccc1. The topological polar surface area (TPSA) is 86.9 Å². The number of benzene rings is 2. The maximum atomic E-state index is 13.2. The molecule has 2 aromatic rings. The molecule has 0 spiro atoms. The van der Waals surface area contributed by atoms with E-state index in [1.165, 1.54) is 4.31 Å². The van der Waals surface area contributed by atoms with Crippen molar-refractivity contribution in [3.8, 4) is 0 Å². The summed E-state index contributed by atoms with van der Waals surface area (Å²) in [6, 6.07) is 18.5. The highest BCUT2D eigenvalue weighted by Gasteiger charge is 2.39. The first-order chi connectivity index (χ1) is 16.2. The van der Waals surface area contributed by atoms with E-state index in [1.54, 1.807) is 36.2 Å². The smallest absolute Gasteiger partial charge is 0.314 e. The second-order valence-electron chi connectivity index (χ2n) is 10.1. The number of amides is 2. The van der Waals surface area contributed by atoms with Crippen LogP contribution in [0.15, 0.2) is 65.6 Å². The lowest BCUT2D eigenvalue weighted by atomic mass is 9.78. The lowest BCUT2D eigenvalue weighted by Gasteiger charge is -2.39. The molecule has 2 aliphatic heterocycles. The van der Waals surface area contributed by atoms with Crippen LogP contribution in [0.3, 0.4) is 0 Å². The van der Waals surface area contributed by atoms with Gasteiger partial charge in [0.25, 0.3) is 0 Å². The predicted molar refractivity (Wildman–Crippen MR) is 134 cm³/mol. The van der Waals surface area contributed by atoms with Crippen LogP contribution in [0.1, 0.15) is 25.3 Å². The molecule has 34 heavy (non-hydrogen) atoms. The van der Waals surface area contributed by atoms with Gasteiger partial charge in [-0.15, -0.1) is 0 Å². The normalized spacial score (nSPS) is 23.0. The number of nitrogens with zero attached hydrogens (tertiary/aromatic N) is 3. The Morgan fingerprint density at radius 3 is 2.29 bits per heavy atom. The Labute approximate surface area is 203 Å². The van der Waals surface area contributed by atoms with Crippen LogP contribution in [0.5, 0.6) is 0 Å². The Hall–Kier alpha value is -2.42. The molecule has 2 unspecified atom stereocenters. The van der Waals surface area contributed by atoms with Gasteiger partial charge in [0.05, 0.1) is 4.90 Å². The molecule has 2 fully saturated rings. The fourth-order valence-corrected chi connectivity index (χ4v) is 6.85. The number of hydrogen-bond donors (Lipinski definition) is 1. The van der Waals surface area contributed by atoms with E-state index >= 15 is 0 Å². The van der Waals surface area contributed by atoms with Crippen molar-refractivity contribution in [2.45, 2.75) is 30.1 Å². The molecular weight excluding hydrogens is 448 g/mol. The molecule has 0 radical (unpaired) electrons. The average molecular weight is 485 g/mol. The van der Waals surface area contributed by atoms with Crippen molar-refractivity contribution >= 4 is 16.1 Å². The Balaban J connectivity index is 1.47. The predicted octanol–water partition coefficient (Wildman–Crippen LogP) is 2.99. The number of sulfonamides is 1. The van der Waals surface area contributed by atoms with Crippen LogP contribution in [-0.2, 0) is 15.4 Å². The van der Waals surface area contributed by atoms with E-state index in [2.05, 4.69) is 24.0 Å². The van der Waals surface area contributed by atoms with Crippen molar-refractivity contribution in [3.05, 3.63) is 66.2 Å². The van der Waals surface area contributed by atoms with E-state index in [9.17, 15) is 13.2 Å². The van der Waals surface area contributed by atoms with Crippen molar-refractivity contribution in [3.63, 3.8) is 0 Å². The summed E-state index contributed by atoms with van der Waals surface area (Å²) in [7, 11) is -1.91. The molecule has 2 saturated heterocycles. The van der Waals surface area contributed by atoms with Gasteiger partial charge in [0.2, 0.25) is 10.0 Å². The average Bonchev–Trinajstić information content (AvgIpc) is 3.28. The molecule has 7 nitrogen and oxygen atoms in total. The van der Waals surface area contributed by atoms with E-state index in [0.717, 1.165) is 51.1 Å². The largest absolute Gasteiger partial charge is 0.351 e. The molecule has 2 heterocycles. The number of piperidine rings is 1. The molecule has 0 saturated carbocycles. The summed E-state index contributed by atoms with van der Waals surface area (Å²) in [5.41, 5.74) is 6.31. The van der Waals surface area contributed by atoms with Gasteiger partial charge in [-0.05, 0) is 55.5 Å². The zero-order valence-electron chi connectivity index (χ0n) is 20.1. The quantitative estimate of drug-likeness (QED) is 0.624. The molecule has 0 bridgehead atoms. The fraction of sp³-hybridized carbons (Fsp3) is 0.500. The van der Waals surface area contributed by atoms with Gasteiger partial charge in [0, 0.05) is 38.6 Å². The third kappa shape index (κ3) is 5.29. The highest BCUT2D eigenvalue weighted by Crippen LogP contribution is 2.34. The Morgan fingerprint density at radius 2 is 1.65 bits per heavy atom. The number of nitrogens with two attached hydrogens (primary N) is 1. The Kier molecular flexibility index (Phi) is 7.31. The first-order valence-electron chi connectivity index (χ1n) is 12.0. The molecule has 0 aliphatic carbocycles. The van der Waals surface area contributed by atoms with E-state index in [1.807, 2.05) is 24.3 Å². The van der Waals surface area contributed by atoms with Crippen molar-refractivity contribution in [2.24, 2.45) is 17.6 Å². The van der Waals surface area contributed by atoms with Crippen molar-refractivity contribution in [1.82, 2.24) is 14.1 Å². The van der Waals surface area contributed by atoms with Gasteiger partial charge in [-0.3, -0.25) is 0 Å². The summed E-state index contributed by atoms with van der Waals surface area (Å²) >= 11 is 0. The highest BCUT2D eigenvalue weighted by atomic mass is 32.2. The number of likely N-dealkylation sites (N-methyl/N-ethyl adjacent to an activating group) is 1. The summed E-state index contributed by atoms with van der Waals surface area (Å²) in [5, 5.41) is 0. The van der Waals surface area contributed by atoms with Crippen LogP contribution >= 0.6 is 0 Å². The molecule has 3 atom stereocenters. The first-order valence-corrected chi connectivity index (χ1v) is 13.5. The number of carbonyl (C=O) groups excluding carboxylic acids is 1.